The smallest absolute Gasteiger partial charge is 0.134 e. The van der Waals surface area contributed by atoms with Crippen molar-refractivity contribution in [2.45, 2.75) is 12.3 Å². The molecule has 3 heteroatoms. The average molecular weight is 217 g/mol. The molecule has 1 aromatic carbocycles. The Morgan fingerprint density at radius 2 is 2.38 bits per heavy atom. The first-order valence-corrected chi connectivity index (χ1v) is 5.64. The fourth-order valence-corrected chi connectivity index (χ4v) is 2.42. The molecule has 1 aliphatic rings. The quantitative estimate of drug-likeness (QED) is 0.839. The van der Waals surface area contributed by atoms with Crippen LogP contribution in [-0.2, 0) is 0 Å². The molecule has 2 aromatic rings. The van der Waals surface area contributed by atoms with Gasteiger partial charge in [-0.2, -0.15) is 0 Å². The van der Waals surface area contributed by atoms with Crippen LogP contribution in [0.15, 0.2) is 28.9 Å². The molecule has 1 aliphatic heterocycles. The van der Waals surface area contributed by atoms with Gasteiger partial charge in [0, 0.05) is 23.4 Å². The van der Waals surface area contributed by atoms with Gasteiger partial charge in [0.2, 0.25) is 0 Å². The van der Waals surface area contributed by atoms with Crippen LogP contribution in [0.5, 0.6) is 5.75 Å². The van der Waals surface area contributed by atoms with E-state index in [2.05, 4.69) is 17.4 Å². The summed E-state index contributed by atoms with van der Waals surface area (Å²) in [5.74, 6) is 1.52. The number of fused-ring (bicyclic) bond motifs is 1. The predicted molar refractivity (Wildman–Crippen MR) is 63.0 cm³/mol. The first kappa shape index (κ1) is 9.73. The molecular weight excluding hydrogens is 202 g/mol. The van der Waals surface area contributed by atoms with Crippen molar-refractivity contribution in [2.24, 2.45) is 0 Å². The molecule has 0 bridgehead atoms. The zero-order valence-electron chi connectivity index (χ0n) is 9.32. The number of ether oxygens (including phenoxy) is 1. The maximum absolute atomic E-state index is 5.47. The van der Waals surface area contributed by atoms with Crippen LogP contribution in [0.1, 0.15) is 17.9 Å². The summed E-state index contributed by atoms with van der Waals surface area (Å²) in [5.41, 5.74) is 2.21. The maximum atomic E-state index is 5.47. The average Bonchev–Trinajstić information content (AvgIpc) is 2.97. The fourth-order valence-electron chi connectivity index (χ4n) is 2.42. The topological polar surface area (TPSA) is 34.4 Å². The molecule has 0 amide bonds. The molecule has 1 N–H and O–H groups in total. The van der Waals surface area contributed by atoms with Crippen molar-refractivity contribution in [2.75, 3.05) is 20.2 Å². The molecule has 3 nitrogen and oxygen atoms in total. The molecule has 1 unspecified atom stereocenters. The molecule has 1 saturated heterocycles. The monoisotopic (exact) mass is 217 g/mol. The van der Waals surface area contributed by atoms with E-state index in [0.29, 0.717) is 5.92 Å². The minimum atomic E-state index is 0.546. The summed E-state index contributed by atoms with van der Waals surface area (Å²) >= 11 is 0. The van der Waals surface area contributed by atoms with Gasteiger partial charge in [0.25, 0.3) is 0 Å². The minimum absolute atomic E-state index is 0.546. The highest BCUT2D eigenvalue weighted by molar-refractivity contribution is 5.80. The van der Waals surface area contributed by atoms with Gasteiger partial charge < -0.3 is 14.5 Å². The van der Waals surface area contributed by atoms with Gasteiger partial charge in [0.1, 0.15) is 11.3 Å². The van der Waals surface area contributed by atoms with E-state index in [4.69, 9.17) is 9.15 Å². The molecule has 0 spiro atoms. The molecule has 1 fully saturated rings. The van der Waals surface area contributed by atoms with Crippen molar-refractivity contribution >= 4 is 11.0 Å². The van der Waals surface area contributed by atoms with Gasteiger partial charge >= 0.3 is 0 Å². The summed E-state index contributed by atoms with van der Waals surface area (Å²) in [7, 11) is 1.73. The molecule has 16 heavy (non-hydrogen) atoms. The molecule has 3 rings (SSSR count). The predicted octanol–water partition coefficient (Wildman–Crippen LogP) is 2.52. The Bertz CT molecular complexity index is 498. The van der Waals surface area contributed by atoms with Crippen LogP contribution in [0, 0.1) is 0 Å². The number of rotatable bonds is 2. The van der Waals surface area contributed by atoms with E-state index in [9.17, 15) is 0 Å². The molecule has 84 valence electrons. The molecular formula is C13H15NO2. The van der Waals surface area contributed by atoms with Crippen molar-refractivity contribution < 1.29 is 9.15 Å². The molecule has 2 heterocycles. The zero-order valence-corrected chi connectivity index (χ0v) is 9.32. The lowest BCUT2D eigenvalue weighted by Gasteiger charge is -2.13. The zero-order chi connectivity index (χ0) is 11.0. The summed E-state index contributed by atoms with van der Waals surface area (Å²) in [6, 6.07) is 6.15. The van der Waals surface area contributed by atoms with Crippen LogP contribution in [-0.4, -0.2) is 20.2 Å². The van der Waals surface area contributed by atoms with Crippen LogP contribution in [0.4, 0.5) is 0 Å². The summed E-state index contributed by atoms with van der Waals surface area (Å²) in [6.45, 7) is 2.12. The molecule has 1 atom stereocenters. The number of benzene rings is 1. The van der Waals surface area contributed by atoms with Crippen LogP contribution in [0.25, 0.3) is 11.0 Å². The van der Waals surface area contributed by atoms with Crippen LogP contribution in [0.2, 0.25) is 0 Å². The highest BCUT2D eigenvalue weighted by Crippen LogP contribution is 2.34. The van der Waals surface area contributed by atoms with E-state index < -0.39 is 0 Å². The van der Waals surface area contributed by atoms with Gasteiger partial charge in [0.05, 0.1) is 13.4 Å². The maximum Gasteiger partial charge on any atom is 0.134 e. The van der Waals surface area contributed by atoms with Crippen LogP contribution >= 0.6 is 0 Å². The summed E-state index contributed by atoms with van der Waals surface area (Å²) in [6.07, 6.45) is 2.89. The molecule has 1 aromatic heterocycles. The second kappa shape index (κ2) is 3.83. The summed E-state index contributed by atoms with van der Waals surface area (Å²) < 4.78 is 10.9. The second-order valence-corrected chi connectivity index (χ2v) is 4.24. The lowest BCUT2D eigenvalue weighted by atomic mass is 9.96. The van der Waals surface area contributed by atoms with Gasteiger partial charge in [-0.1, -0.05) is 0 Å². The molecule has 0 aliphatic carbocycles. The van der Waals surface area contributed by atoms with E-state index >= 15 is 0 Å². The second-order valence-electron chi connectivity index (χ2n) is 4.24. The third-order valence-corrected chi connectivity index (χ3v) is 3.30. The first-order valence-electron chi connectivity index (χ1n) is 5.64. The third kappa shape index (κ3) is 1.48. The van der Waals surface area contributed by atoms with Gasteiger partial charge in [-0.25, -0.2) is 0 Å². The first-order chi connectivity index (χ1) is 7.88. The van der Waals surface area contributed by atoms with Crippen molar-refractivity contribution in [3.63, 3.8) is 0 Å². The van der Waals surface area contributed by atoms with Crippen molar-refractivity contribution in [1.29, 1.82) is 0 Å². The van der Waals surface area contributed by atoms with E-state index in [1.165, 1.54) is 12.0 Å². The SMILES string of the molecule is COc1cc2ccoc2cc1C1CCNC1. The Balaban J connectivity index is 2.12. The van der Waals surface area contributed by atoms with Gasteiger partial charge in [-0.3, -0.25) is 0 Å². The normalized spacial score (nSPS) is 20.4. The lowest BCUT2D eigenvalue weighted by Crippen LogP contribution is -2.08. The number of methoxy groups -OCH3 is 1. The van der Waals surface area contributed by atoms with E-state index in [0.717, 1.165) is 29.8 Å². The Kier molecular flexibility index (Phi) is 2.33. The Morgan fingerprint density at radius 3 is 3.12 bits per heavy atom. The highest BCUT2D eigenvalue weighted by Gasteiger charge is 2.21. The summed E-state index contributed by atoms with van der Waals surface area (Å²) in [5, 5.41) is 4.48. The third-order valence-electron chi connectivity index (χ3n) is 3.30. The molecule has 0 radical (unpaired) electrons. The van der Waals surface area contributed by atoms with Crippen molar-refractivity contribution in [3.8, 4) is 5.75 Å². The van der Waals surface area contributed by atoms with E-state index in [1.807, 2.05) is 6.07 Å². The van der Waals surface area contributed by atoms with E-state index in [1.54, 1.807) is 13.4 Å². The standard InChI is InChI=1S/C13H15NO2/c1-15-13-6-9-3-5-16-12(9)7-11(13)10-2-4-14-8-10/h3,5-7,10,14H,2,4,8H2,1H3. The molecule has 0 saturated carbocycles. The highest BCUT2D eigenvalue weighted by atomic mass is 16.5. The van der Waals surface area contributed by atoms with Crippen molar-refractivity contribution in [3.05, 3.63) is 30.0 Å². The van der Waals surface area contributed by atoms with Crippen molar-refractivity contribution in [1.82, 2.24) is 5.32 Å². The van der Waals surface area contributed by atoms with Gasteiger partial charge in [0.15, 0.2) is 0 Å². The number of nitrogens with one attached hydrogen (secondary N) is 1. The Hall–Kier alpha value is -1.48. The fraction of sp³-hybridized carbons (Fsp3) is 0.385. The number of hydrogen-bond donors (Lipinski definition) is 1. The Labute approximate surface area is 94.4 Å². The van der Waals surface area contributed by atoms with Crippen LogP contribution < -0.4 is 10.1 Å². The van der Waals surface area contributed by atoms with Gasteiger partial charge in [-0.15, -0.1) is 0 Å². The van der Waals surface area contributed by atoms with E-state index in [-0.39, 0.29) is 0 Å². The summed E-state index contributed by atoms with van der Waals surface area (Å²) in [4.78, 5) is 0. The van der Waals surface area contributed by atoms with Crippen LogP contribution in [0.3, 0.4) is 0 Å². The minimum Gasteiger partial charge on any atom is -0.496 e. The number of furan rings is 1. The van der Waals surface area contributed by atoms with Gasteiger partial charge in [-0.05, 0) is 31.2 Å². The largest absolute Gasteiger partial charge is 0.496 e. The number of hydrogen-bond acceptors (Lipinski definition) is 3. The Morgan fingerprint density at radius 1 is 1.44 bits per heavy atom. The lowest BCUT2D eigenvalue weighted by molar-refractivity contribution is 0.407.